The van der Waals surface area contributed by atoms with Crippen LogP contribution in [0.1, 0.15) is 31.7 Å². The van der Waals surface area contributed by atoms with Gasteiger partial charge < -0.3 is 15.0 Å². The van der Waals surface area contributed by atoms with E-state index in [4.69, 9.17) is 4.74 Å². The molecule has 0 aliphatic carbocycles. The average molecular weight is 304 g/mol. The van der Waals surface area contributed by atoms with Crippen molar-refractivity contribution in [1.82, 2.24) is 10.2 Å². The first-order valence-electron chi connectivity index (χ1n) is 7.85. The molecule has 1 aliphatic heterocycles. The Morgan fingerprint density at radius 2 is 1.86 bits per heavy atom. The van der Waals surface area contributed by atoms with Crippen LogP contribution in [0, 0.1) is 6.92 Å². The van der Waals surface area contributed by atoms with Crippen LogP contribution in [-0.4, -0.2) is 42.5 Å². The molecule has 2 rings (SSSR count). The third kappa shape index (κ3) is 4.76. The van der Waals surface area contributed by atoms with Crippen LogP contribution in [0.15, 0.2) is 24.3 Å². The lowest BCUT2D eigenvalue weighted by molar-refractivity contribution is -0.134. The maximum absolute atomic E-state index is 12.1. The number of hydrogen-bond acceptors (Lipinski definition) is 3. The summed E-state index contributed by atoms with van der Waals surface area (Å²) >= 11 is 0. The number of benzene rings is 1. The lowest BCUT2D eigenvalue weighted by Crippen LogP contribution is -2.47. The Bertz CT molecular complexity index is 505. The number of aryl methyl sites for hydroxylation is 1. The van der Waals surface area contributed by atoms with Crippen molar-refractivity contribution in [2.75, 3.05) is 19.7 Å². The van der Waals surface area contributed by atoms with E-state index in [2.05, 4.69) is 5.32 Å². The number of rotatable bonds is 5. The van der Waals surface area contributed by atoms with Crippen molar-refractivity contribution in [2.24, 2.45) is 0 Å². The normalized spacial score (nSPS) is 15.5. The lowest BCUT2D eigenvalue weighted by atomic mass is 10.0. The zero-order valence-electron chi connectivity index (χ0n) is 13.3. The van der Waals surface area contributed by atoms with Crippen LogP contribution in [0.5, 0.6) is 5.75 Å². The summed E-state index contributed by atoms with van der Waals surface area (Å²) < 4.78 is 5.52. The number of amides is 2. The zero-order valence-corrected chi connectivity index (χ0v) is 13.3. The van der Waals surface area contributed by atoms with Crippen LogP contribution < -0.4 is 10.1 Å². The highest BCUT2D eigenvalue weighted by Gasteiger charge is 2.23. The molecule has 1 fully saturated rings. The second-order valence-corrected chi connectivity index (χ2v) is 5.68. The Kier molecular flexibility index (Phi) is 5.81. The smallest absolute Gasteiger partial charge is 0.260 e. The molecule has 1 saturated heterocycles. The minimum absolute atomic E-state index is 0.000781. The Balaban J connectivity index is 1.73. The molecule has 1 N–H and O–H groups in total. The molecule has 1 aliphatic rings. The van der Waals surface area contributed by atoms with Gasteiger partial charge in [0.15, 0.2) is 6.61 Å². The minimum atomic E-state index is 0.000781. The Hall–Kier alpha value is -2.04. The van der Waals surface area contributed by atoms with Crippen molar-refractivity contribution in [1.29, 1.82) is 0 Å². The first-order valence-corrected chi connectivity index (χ1v) is 7.85. The molecule has 120 valence electrons. The monoisotopic (exact) mass is 304 g/mol. The fourth-order valence-corrected chi connectivity index (χ4v) is 2.47. The second-order valence-electron chi connectivity index (χ2n) is 5.68. The first-order chi connectivity index (χ1) is 10.6. The molecule has 0 bridgehead atoms. The van der Waals surface area contributed by atoms with E-state index in [0.29, 0.717) is 25.3 Å². The summed E-state index contributed by atoms with van der Waals surface area (Å²) in [6.45, 7) is 5.26. The van der Waals surface area contributed by atoms with Gasteiger partial charge in [0.25, 0.3) is 5.91 Å². The van der Waals surface area contributed by atoms with E-state index < -0.39 is 0 Å². The molecule has 22 heavy (non-hydrogen) atoms. The molecule has 1 heterocycles. The molecular formula is C17H24N2O3. The zero-order chi connectivity index (χ0) is 15.9. The topological polar surface area (TPSA) is 58.6 Å². The fourth-order valence-electron chi connectivity index (χ4n) is 2.47. The number of likely N-dealkylation sites (tertiary alicyclic amines) is 1. The van der Waals surface area contributed by atoms with Gasteiger partial charge >= 0.3 is 0 Å². The number of nitrogens with zero attached hydrogens (tertiary/aromatic N) is 1. The largest absolute Gasteiger partial charge is 0.484 e. The molecule has 5 heteroatoms. The van der Waals surface area contributed by atoms with Crippen molar-refractivity contribution in [3.8, 4) is 5.75 Å². The van der Waals surface area contributed by atoms with Crippen molar-refractivity contribution < 1.29 is 14.3 Å². The molecule has 0 aromatic heterocycles. The van der Waals surface area contributed by atoms with E-state index in [1.807, 2.05) is 43.0 Å². The number of piperidine rings is 1. The van der Waals surface area contributed by atoms with Crippen molar-refractivity contribution in [2.45, 2.75) is 39.2 Å². The van der Waals surface area contributed by atoms with Crippen LogP contribution in [0.2, 0.25) is 0 Å². The number of hydrogen-bond donors (Lipinski definition) is 1. The van der Waals surface area contributed by atoms with E-state index in [9.17, 15) is 9.59 Å². The standard InChI is InChI=1S/C17H24N2O3/c1-3-16(20)18-14-8-10-19(11-9-14)17(21)12-22-15-6-4-13(2)5-7-15/h4-7,14H,3,8-12H2,1-2H3,(H,18,20). The van der Waals surface area contributed by atoms with Crippen LogP contribution in [-0.2, 0) is 9.59 Å². The van der Waals surface area contributed by atoms with Crippen LogP contribution in [0.25, 0.3) is 0 Å². The van der Waals surface area contributed by atoms with E-state index >= 15 is 0 Å². The second kappa shape index (κ2) is 7.82. The summed E-state index contributed by atoms with van der Waals surface area (Å²) in [5.41, 5.74) is 1.16. The quantitative estimate of drug-likeness (QED) is 0.904. The molecule has 2 amide bonds. The summed E-state index contributed by atoms with van der Waals surface area (Å²) in [5, 5.41) is 2.98. The lowest BCUT2D eigenvalue weighted by Gasteiger charge is -2.32. The van der Waals surface area contributed by atoms with E-state index in [-0.39, 0.29) is 24.5 Å². The number of ether oxygens (including phenoxy) is 1. The van der Waals surface area contributed by atoms with E-state index in [1.165, 1.54) is 0 Å². The van der Waals surface area contributed by atoms with E-state index in [0.717, 1.165) is 18.4 Å². The molecule has 1 aromatic rings. The van der Waals surface area contributed by atoms with Crippen LogP contribution in [0.4, 0.5) is 0 Å². The molecular weight excluding hydrogens is 280 g/mol. The third-order valence-electron chi connectivity index (χ3n) is 3.92. The highest BCUT2D eigenvalue weighted by molar-refractivity contribution is 5.78. The molecule has 0 saturated carbocycles. The molecule has 1 aromatic carbocycles. The molecule has 5 nitrogen and oxygen atoms in total. The van der Waals surface area contributed by atoms with Gasteiger partial charge in [0.2, 0.25) is 5.91 Å². The first kappa shape index (κ1) is 16.3. The number of carbonyl (C=O) groups is 2. The SMILES string of the molecule is CCC(=O)NC1CCN(C(=O)COc2ccc(C)cc2)CC1. The average Bonchev–Trinajstić information content (AvgIpc) is 2.54. The highest BCUT2D eigenvalue weighted by Crippen LogP contribution is 2.13. The van der Waals surface area contributed by atoms with Gasteiger partial charge in [-0.2, -0.15) is 0 Å². The number of carbonyl (C=O) groups excluding carboxylic acids is 2. The third-order valence-corrected chi connectivity index (χ3v) is 3.92. The summed E-state index contributed by atoms with van der Waals surface area (Å²) in [6, 6.07) is 7.85. The van der Waals surface area contributed by atoms with Gasteiger partial charge in [0.05, 0.1) is 0 Å². The predicted molar refractivity (Wildman–Crippen MR) is 84.7 cm³/mol. The maximum Gasteiger partial charge on any atom is 0.260 e. The minimum Gasteiger partial charge on any atom is -0.484 e. The highest BCUT2D eigenvalue weighted by atomic mass is 16.5. The Morgan fingerprint density at radius 1 is 1.23 bits per heavy atom. The Labute approximate surface area is 131 Å². The summed E-state index contributed by atoms with van der Waals surface area (Å²) in [4.78, 5) is 25.3. The number of nitrogens with one attached hydrogen (secondary N) is 1. The summed E-state index contributed by atoms with van der Waals surface area (Å²) in [7, 11) is 0. The van der Waals surface area contributed by atoms with Gasteiger partial charge in [-0.3, -0.25) is 9.59 Å². The maximum atomic E-state index is 12.1. The van der Waals surface area contributed by atoms with Gasteiger partial charge in [0, 0.05) is 25.6 Å². The van der Waals surface area contributed by atoms with Gasteiger partial charge in [-0.1, -0.05) is 24.6 Å². The summed E-state index contributed by atoms with van der Waals surface area (Å²) in [6.07, 6.45) is 2.12. The van der Waals surface area contributed by atoms with Gasteiger partial charge in [-0.25, -0.2) is 0 Å². The molecule has 0 spiro atoms. The molecule has 0 unspecified atom stereocenters. The van der Waals surface area contributed by atoms with Gasteiger partial charge in [-0.05, 0) is 31.9 Å². The van der Waals surface area contributed by atoms with Crippen LogP contribution in [0.3, 0.4) is 0 Å². The van der Waals surface area contributed by atoms with Gasteiger partial charge in [-0.15, -0.1) is 0 Å². The fraction of sp³-hybridized carbons (Fsp3) is 0.529. The Morgan fingerprint density at radius 3 is 2.45 bits per heavy atom. The molecule has 0 radical (unpaired) electrons. The van der Waals surface area contributed by atoms with Crippen molar-refractivity contribution in [3.63, 3.8) is 0 Å². The van der Waals surface area contributed by atoms with Gasteiger partial charge in [0.1, 0.15) is 5.75 Å². The van der Waals surface area contributed by atoms with Crippen LogP contribution >= 0.6 is 0 Å². The van der Waals surface area contributed by atoms with Crippen molar-refractivity contribution >= 4 is 11.8 Å². The van der Waals surface area contributed by atoms with E-state index in [1.54, 1.807) is 0 Å². The molecule has 0 atom stereocenters. The van der Waals surface area contributed by atoms with Crippen molar-refractivity contribution in [3.05, 3.63) is 29.8 Å². The summed E-state index contributed by atoms with van der Waals surface area (Å²) in [5.74, 6) is 0.789. The predicted octanol–water partition coefficient (Wildman–Crippen LogP) is 1.89.